The molecule has 0 spiro atoms. The molecule has 1 aliphatic rings. The number of fused-ring (bicyclic) bond motifs is 1. The third-order valence-electron chi connectivity index (χ3n) is 6.83. The molecule has 3 aromatic rings. The fourth-order valence-corrected chi connectivity index (χ4v) is 4.83. The van der Waals surface area contributed by atoms with E-state index in [9.17, 15) is 9.90 Å². The number of carboxylic acid groups (broad SMARTS) is 1. The third kappa shape index (κ3) is 4.43. The molecule has 0 unspecified atom stereocenters. The highest BCUT2D eigenvalue weighted by Gasteiger charge is 2.36. The van der Waals surface area contributed by atoms with Crippen LogP contribution in [0.15, 0.2) is 66.7 Å². The summed E-state index contributed by atoms with van der Waals surface area (Å²) in [5, 5.41) is 9.40. The van der Waals surface area contributed by atoms with Crippen molar-refractivity contribution >= 4 is 5.97 Å². The Labute approximate surface area is 191 Å². The zero-order valence-corrected chi connectivity index (χ0v) is 19.4. The molecular weight excluding hydrogens is 396 g/mol. The van der Waals surface area contributed by atoms with Gasteiger partial charge >= 0.3 is 5.97 Å². The molecule has 0 amide bonds. The van der Waals surface area contributed by atoms with Crippen LogP contribution in [-0.4, -0.2) is 11.1 Å². The third-order valence-corrected chi connectivity index (χ3v) is 6.83. The summed E-state index contributed by atoms with van der Waals surface area (Å²) in [6, 6.07) is 22.3. The van der Waals surface area contributed by atoms with Gasteiger partial charge in [0.2, 0.25) is 0 Å². The van der Waals surface area contributed by atoms with Crippen LogP contribution in [0, 0.1) is 0 Å². The summed E-state index contributed by atoms with van der Waals surface area (Å²) in [6.45, 7) is 9.76. The van der Waals surface area contributed by atoms with Crippen LogP contribution in [-0.2, 0) is 28.7 Å². The zero-order chi connectivity index (χ0) is 22.9. The molecule has 0 saturated heterocycles. The normalized spacial score (nSPS) is 16.2. The maximum atomic E-state index is 11.5. The van der Waals surface area contributed by atoms with Crippen molar-refractivity contribution in [2.24, 2.45) is 0 Å². The second-order valence-corrected chi connectivity index (χ2v) is 10.2. The molecule has 3 nitrogen and oxygen atoms in total. The van der Waals surface area contributed by atoms with E-state index in [0.29, 0.717) is 12.4 Å². The Bertz CT molecular complexity index is 1130. The largest absolute Gasteiger partial charge is 0.488 e. The van der Waals surface area contributed by atoms with E-state index >= 15 is 0 Å². The van der Waals surface area contributed by atoms with Crippen molar-refractivity contribution in [3.63, 3.8) is 0 Å². The number of aliphatic carboxylic acids is 1. The fourth-order valence-electron chi connectivity index (χ4n) is 4.83. The van der Waals surface area contributed by atoms with E-state index in [0.717, 1.165) is 22.3 Å². The van der Waals surface area contributed by atoms with Crippen molar-refractivity contribution in [3.05, 3.63) is 89.0 Å². The summed E-state index contributed by atoms with van der Waals surface area (Å²) in [4.78, 5) is 11.5. The molecular formula is C29H32O3. The lowest BCUT2D eigenvalue weighted by Gasteiger charge is -2.42. The van der Waals surface area contributed by atoms with E-state index in [1.54, 1.807) is 0 Å². The number of benzene rings is 3. The van der Waals surface area contributed by atoms with Gasteiger partial charge in [-0.1, -0.05) is 88.4 Å². The van der Waals surface area contributed by atoms with E-state index < -0.39 is 5.97 Å². The maximum Gasteiger partial charge on any atom is 0.307 e. The maximum absolute atomic E-state index is 11.5. The smallest absolute Gasteiger partial charge is 0.307 e. The van der Waals surface area contributed by atoms with Crippen LogP contribution in [0.2, 0.25) is 0 Å². The second kappa shape index (κ2) is 8.46. The van der Waals surface area contributed by atoms with Crippen molar-refractivity contribution in [3.8, 4) is 16.9 Å². The van der Waals surface area contributed by atoms with Crippen LogP contribution in [0.3, 0.4) is 0 Å². The molecule has 4 rings (SSSR count). The number of carboxylic acids is 1. The van der Waals surface area contributed by atoms with Crippen LogP contribution in [0.5, 0.6) is 5.75 Å². The Morgan fingerprint density at radius 2 is 1.56 bits per heavy atom. The first-order valence-corrected chi connectivity index (χ1v) is 11.3. The molecule has 3 aromatic carbocycles. The lowest BCUT2D eigenvalue weighted by atomic mass is 9.63. The molecule has 166 valence electrons. The standard InChI is InChI=1S/C29H32O3/c1-28(2)15-16-29(3,4)24-17-20(13-14-23(24)28)19-32-25-12-8-11-22(18-26(30)31)27(25)21-9-6-5-7-10-21/h5-14,17H,15-16,18-19H2,1-4H3,(H,30,31). The Hall–Kier alpha value is -3.07. The van der Waals surface area contributed by atoms with Crippen molar-refractivity contribution in [1.29, 1.82) is 0 Å². The molecule has 0 atom stereocenters. The molecule has 32 heavy (non-hydrogen) atoms. The van der Waals surface area contributed by atoms with Crippen molar-refractivity contribution in [2.45, 2.75) is 64.4 Å². The minimum absolute atomic E-state index is 0.0381. The van der Waals surface area contributed by atoms with Crippen LogP contribution in [0.1, 0.15) is 62.8 Å². The minimum atomic E-state index is -0.848. The topological polar surface area (TPSA) is 46.5 Å². The number of carbonyl (C=O) groups is 1. The van der Waals surface area contributed by atoms with Gasteiger partial charge in [-0.3, -0.25) is 4.79 Å². The summed E-state index contributed by atoms with van der Waals surface area (Å²) in [5.74, 6) is -0.133. The number of hydrogen-bond acceptors (Lipinski definition) is 2. The van der Waals surface area contributed by atoms with E-state index in [2.05, 4.69) is 45.9 Å². The molecule has 0 aliphatic heterocycles. The second-order valence-electron chi connectivity index (χ2n) is 10.2. The minimum Gasteiger partial charge on any atom is -0.488 e. The van der Waals surface area contributed by atoms with Crippen molar-refractivity contribution in [2.75, 3.05) is 0 Å². The molecule has 0 saturated carbocycles. The van der Waals surface area contributed by atoms with Crippen molar-refractivity contribution in [1.82, 2.24) is 0 Å². The Morgan fingerprint density at radius 1 is 0.875 bits per heavy atom. The highest BCUT2D eigenvalue weighted by Crippen LogP contribution is 2.46. The summed E-state index contributed by atoms with van der Waals surface area (Å²) < 4.78 is 6.32. The average Bonchev–Trinajstić information content (AvgIpc) is 2.76. The molecule has 0 fully saturated rings. The van der Waals surface area contributed by atoms with Gasteiger partial charge in [-0.05, 0) is 57.6 Å². The monoisotopic (exact) mass is 428 g/mol. The molecule has 0 bridgehead atoms. The predicted molar refractivity (Wildman–Crippen MR) is 129 cm³/mol. The van der Waals surface area contributed by atoms with Gasteiger partial charge in [-0.25, -0.2) is 0 Å². The van der Waals surface area contributed by atoms with E-state index in [1.807, 2.05) is 48.5 Å². The van der Waals surface area contributed by atoms with Crippen molar-refractivity contribution < 1.29 is 14.6 Å². The van der Waals surface area contributed by atoms with Gasteiger partial charge in [-0.15, -0.1) is 0 Å². The summed E-state index contributed by atoms with van der Waals surface area (Å²) in [7, 11) is 0. The first-order chi connectivity index (χ1) is 15.2. The van der Waals surface area contributed by atoms with Crippen LogP contribution >= 0.6 is 0 Å². The lowest BCUT2D eigenvalue weighted by molar-refractivity contribution is -0.136. The van der Waals surface area contributed by atoms with E-state index in [4.69, 9.17) is 4.74 Å². The Morgan fingerprint density at radius 3 is 2.25 bits per heavy atom. The number of hydrogen-bond donors (Lipinski definition) is 1. The van der Waals surface area contributed by atoms with E-state index in [1.165, 1.54) is 24.0 Å². The summed E-state index contributed by atoms with van der Waals surface area (Å²) in [6.07, 6.45) is 2.33. The van der Waals surface area contributed by atoms with Gasteiger partial charge < -0.3 is 9.84 Å². The highest BCUT2D eigenvalue weighted by molar-refractivity contribution is 5.80. The van der Waals surface area contributed by atoms with Crippen LogP contribution in [0.4, 0.5) is 0 Å². The summed E-state index contributed by atoms with van der Waals surface area (Å²) in [5.41, 5.74) is 6.91. The van der Waals surface area contributed by atoms with Crippen LogP contribution in [0.25, 0.3) is 11.1 Å². The highest BCUT2D eigenvalue weighted by atomic mass is 16.5. The molecule has 1 N–H and O–H groups in total. The quantitative estimate of drug-likeness (QED) is 0.464. The number of ether oxygens (including phenoxy) is 1. The van der Waals surface area contributed by atoms with Gasteiger partial charge in [0.1, 0.15) is 12.4 Å². The number of rotatable bonds is 6. The Balaban J connectivity index is 1.67. The molecule has 0 heterocycles. The van der Waals surface area contributed by atoms with Gasteiger partial charge in [0.15, 0.2) is 0 Å². The fraction of sp³-hybridized carbons (Fsp3) is 0.345. The first kappa shape index (κ1) is 22.1. The summed E-state index contributed by atoms with van der Waals surface area (Å²) >= 11 is 0. The van der Waals surface area contributed by atoms with Crippen LogP contribution < -0.4 is 4.74 Å². The van der Waals surface area contributed by atoms with Gasteiger partial charge in [0.25, 0.3) is 0 Å². The molecule has 3 heteroatoms. The first-order valence-electron chi connectivity index (χ1n) is 11.3. The molecule has 0 aromatic heterocycles. The van der Waals surface area contributed by atoms with E-state index in [-0.39, 0.29) is 17.3 Å². The predicted octanol–water partition coefficient (Wildman–Crippen LogP) is 6.91. The van der Waals surface area contributed by atoms with Gasteiger partial charge in [0.05, 0.1) is 6.42 Å². The lowest BCUT2D eigenvalue weighted by Crippen LogP contribution is -2.33. The molecule has 0 radical (unpaired) electrons. The zero-order valence-electron chi connectivity index (χ0n) is 19.4. The SMILES string of the molecule is CC1(C)CCC(C)(C)c2cc(COc3cccc(CC(=O)O)c3-c3ccccc3)ccc21. The Kier molecular flexibility index (Phi) is 5.85. The average molecular weight is 429 g/mol. The van der Waals surface area contributed by atoms with Gasteiger partial charge in [-0.2, -0.15) is 0 Å². The van der Waals surface area contributed by atoms with Gasteiger partial charge in [0, 0.05) is 5.56 Å². The molecule has 1 aliphatic carbocycles.